The van der Waals surface area contributed by atoms with Crippen molar-refractivity contribution < 1.29 is 10.0 Å². The number of nitrogens with zero attached hydrogens (tertiary/aromatic N) is 2. The van der Waals surface area contributed by atoms with Crippen molar-refractivity contribution >= 4 is 11.4 Å². The Morgan fingerprint density at radius 1 is 1.56 bits per heavy atom. The van der Waals surface area contributed by atoms with Crippen LogP contribution >= 0.6 is 0 Å². The molecule has 0 amide bonds. The van der Waals surface area contributed by atoms with Gasteiger partial charge in [0.05, 0.1) is 22.3 Å². The second-order valence-electron chi connectivity index (χ2n) is 4.23. The Bertz CT molecular complexity index is 480. The van der Waals surface area contributed by atoms with Crippen LogP contribution in [-0.4, -0.2) is 22.2 Å². The van der Waals surface area contributed by atoms with Gasteiger partial charge in [0.25, 0.3) is 5.69 Å². The lowest BCUT2D eigenvalue weighted by Crippen LogP contribution is -2.21. The quantitative estimate of drug-likeness (QED) is 0.614. The molecule has 1 aromatic rings. The Kier molecular flexibility index (Phi) is 4.63. The average molecular weight is 249 g/mol. The van der Waals surface area contributed by atoms with E-state index in [2.05, 4.69) is 5.32 Å². The first-order chi connectivity index (χ1) is 8.43. The zero-order chi connectivity index (χ0) is 13.7. The van der Waals surface area contributed by atoms with Crippen molar-refractivity contribution in [2.75, 3.05) is 5.32 Å². The normalized spacial score (nSPS) is 13.4. The Labute approximate surface area is 105 Å². The van der Waals surface area contributed by atoms with Crippen molar-refractivity contribution in [2.24, 2.45) is 0 Å². The fourth-order valence-electron chi connectivity index (χ4n) is 1.70. The molecule has 0 aliphatic heterocycles. The zero-order valence-electron chi connectivity index (χ0n) is 10.3. The van der Waals surface area contributed by atoms with Gasteiger partial charge < -0.3 is 10.4 Å². The second kappa shape index (κ2) is 5.98. The maximum Gasteiger partial charge on any atom is 0.270 e. The summed E-state index contributed by atoms with van der Waals surface area (Å²) in [6, 6.07) is 5.98. The Balaban J connectivity index is 2.90. The van der Waals surface area contributed by atoms with Crippen LogP contribution < -0.4 is 5.32 Å². The van der Waals surface area contributed by atoms with Gasteiger partial charge in [-0.3, -0.25) is 10.1 Å². The Morgan fingerprint density at radius 3 is 2.72 bits per heavy atom. The number of aliphatic hydroxyl groups excluding tert-OH is 1. The summed E-state index contributed by atoms with van der Waals surface area (Å²) >= 11 is 0. The molecule has 0 aromatic heterocycles. The lowest BCUT2D eigenvalue weighted by atomic mass is 10.1. The predicted octanol–water partition coefficient (Wildman–Crippen LogP) is 2.04. The summed E-state index contributed by atoms with van der Waals surface area (Å²) in [5.74, 6) is 0. The summed E-state index contributed by atoms with van der Waals surface area (Å²) < 4.78 is 0. The van der Waals surface area contributed by atoms with Gasteiger partial charge in [-0.1, -0.05) is 0 Å². The molecule has 0 aliphatic carbocycles. The molecule has 0 heterocycles. The summed E-state index contributed by atoms with van der Waals surface area (Å²) in [6.07, 6.45) is 0.0815. The third-order valence-corrected chi connectivity index (χ3v) is 2.43. The van der Waals surface area contributed by atoms with Gasteiger partial charge in [-0.2, -0.15) is 5.26 Å². The summed E-state index contributed by atoms with van der Waals surface area (Å²) in [4.78, 5) is 10.1. The molecule has 1 aromatic carbocycles. The summed E-state index contributed by atoms with van der Waals surface area (Å²) in [5, 5.41) is 31.9. The third-order valence-electron chi connectivity index (χ3n) is 2.43. The molecule has 96 valence electrons. The van der Waals surface area contributed by atoms with Crippen molar-refractivity contribution in [3.63, 3.8) is 0 Å². The van der Waals surface area contributed by atoms with E-state index >= 15 is 0 Å². The van der Waals surface area contributed by atoms with Gasteiger partial charge in [-0.05, 0) is 26.3 Å². The zero-order valence-corrected chi connectivity index (χ0v) is 10.3. The number of nitro benzene ring substituents is 1. The van der Waals surface area contributed by atoms with Crippen molar-refractivity contribution in [1.29, 1.82) is 5.26 Å². The largest absolute Gasteiger partial charge is 0.393 e. The maximum absolute atomic E-state index is 10.6. The highest BCUT2D eigenvalue weighted by molar-refractivity contribution is 5.61. The van der Waals surface area contributed by atoms with Crippen LogP contribution in [0.3, 0.4) is 0 Å². The van der Waals surface area contributed by atoms with Gasteiger partial charge in [-0.25, -0.2) is 0 Å². The van der Waals surface area contributed by atoms with E-state index in [1.807, 2.05) is 13.0 Å². The molecule has 6 heteroatoms. The smallest absolute Gasteiger partial charge is 0.270 e. The molecule has 0 saturated heterocycles. The number of hydrogen-bond donors (Lipinski definition) is 2. The van der Waals surface area contributed by atoms with E-state index in [1.165, 1.54) is 18.2 Å². The van der Waals surface area contributed by atoms with Gasteiger partial charge in [0.15, 0.2) is 0 Å². The molecule has 0 fully saturated rings. The van der Waals surface area contributed by atoms with Gasteiger partial charge in [0.2, 0.25) is 0 Å². The molecule has 0 bridgehead atoms. The number of hydrogen-bond acceptors (Lipinski definition) is 5. The predicted molar refractivity (Wildman–Crippen MR) is 67.2 cm³/mol. The van der Waals surface area contributed by atoms with Crippen LogP contribution in [0.25, 0.3) is 0 Å². The number of non-ortho nitro benzene ring substituents is 1. The highest BCUT2D eigenvalue weighted by atomic mass is 16.6. The third kappa shape index (κ3) is 3.71. The van der Waals surface area contributed by atoms with E-state index in [-0.39, 0.29) is 17.3 Å². The van der Waals surface area contributed by atoms with Crippen LogP contribution in [0.1, 0.15) is 25.8 Å². The van der Waals surface area contributed by atoms with E-state index in [4.69, 9.17) is 5.26 Å². The number of rotatable bonds is 5. The minimum Gasteiger partial charge on any atom is -0.393 e. The molecular formula is C12H15N3O3. The molecule has 2 N–H and O–H groups in total. The van der Waals surface area contributed by atoms with Crippen LogP contribution in [0.4, 0.5) is 11.4 Å². The number of aliphatic hydroxyl groups is 1. The summed E-state index contributed by atoms with van der Waals surface area (Å²) in [5.41, 5.74) is 0.651. The monoisotopic (exact) mass is 249 g/mol. The first-order valence-corrected chi connectivity index (χ1v) is 5.57. The molecule has 0 spiro atoms. The van der Waals surface area contributed by atoms with E-state index in [1.54, 1.807) is 6.92 Å². The lowest BCUT2D eigenvalue weighted by Gasteiger charge is -2.17. The SMILES string of the molecule is CC(O)CC(C)Nc1ccc([N+](=O)[O-])cc1C#N. The number of anilines is 1. The molecule has 6 nitrogen and oxygen atoms in total. The molecule has 0 aliphatic rings. The molecule has 0 saturated carbocycles. The standard InChI is InChI=1S/C12H15N3O3/c1-8(5-9(2)16)14-12-4-3-11(15(17)18)6-10(12)7-13/h3-4,6,8-9,14,16H,5H2,1-2H3. The Hall–Kier alpha value is -2.13. The topological polar surface area (TPSA) is 99.2 Å². The van der Waals surface area contributed by atoms with Crippen molar-refractivity contribution in [3.8, 4) is 6.07 Å². The highest BCUT2D eigenvalue weighted by Crippen LogP contribution is 2.22. The lowest BCUT2D eigenvalue weighted by molar-refractivity contribution is -0.384. The van der Waals surface area contributed by atoms with E-state index in [0.717, 1.165) is 0 Å². The van der Waals surface area contributed by atoms with Crippen LogP contribution in [0.2, 0.25) is 0 Å². The van der Waals surface area contributed by atoms with Gasteiger partial charge in [-0.15, -0.1) is 0 Å². The number of nitriles is 1. The van der Waals surface area contributed by atoms with Crippen LogP contribution in [0.15, 0.2) is 18.2 Å². The molecule has 2 unspecified atom stereocenters. The molecule has 2 atom stereocenters. The molecule has 0 radical (unpaired) electrons. The van der Waals surface area contributed by atoms with E-state index in [9.17, 15) is 15.2 Å². The van der Waals surface area contributed by atoms with Crippen molar-refractivity contribution in [3.05, 3.63) is 33.9 Å². The maximum atomic E-state index is 10.6. The van der Waals surface area contributed by atoms with Gasteiger partial charge in [0.1, 0.15) is 6.07 Å². The molecule has 1 rings (SSSR count). The Morgan fingerprint density at radius 2 is 2.22 bits per heavy atom. The number of benzene rings is 1. The first-order valence-electron chi connectivity index (χ1n) is 5.57. The van der Waals surface area contributed by atoms with Crippen molar-refractivity contribution in [1.82, 2.24) is 0 Å². The van der Waals surface area contributed by atoms with Crippen LogP contribution in [-0.2, 0) is 0 Å². The second-order valence-corrected chi connectivity index (χ2v) is 4.23. The van der Waals surface area contributed by atoms with Crippen molar-refractivity contribution in [2.45, 2.75) is 32.4 Å². The minimum absolute atomic E-state index is 0.0291. The minimum atomic E-state index is -0.538. The van der Waals surface area contributed by atoms with Crippen LogP contribution in [0.5, 0.6) is 0 Å². The van der Waals surface area contributed by atoms with Gasteiger partial charge >= 0.3 is 0 Å². The summed E-state index contributed by atoms with van der Waals surface area (Å²) in [7, 11) is 0. The highest BCUT2D eigenvalue weighted by Gasteiger charge is 2.13. The fraction of sp³-hybridized carbons (Fsp3) is 0.417. The fourth-order valence-corrected chi connectivity index (χ4v) is 1.70. The van der Waals surface area contributed by atoms with E-state index in [0.29, 0.717) is 12.1 Å². The summed E-state index contributed by atoms with van der Waals surface area (Å²) in [6.45, 7) is 3.55. The number of nitro groups is 1. The average Bonchev–Trinajstić information content (AvgIpc) is 2.27. The van der Waals surface area contributed by atoms with Gasteiger partial charge in [0, 0.05) is 18.2 Å². The molecular weight excluding hydrogens is 234 g/mol. The van der Waals surface area contributed by atoms with E-state index < -0.39 is 11.0 Å². The number of nitrogens with one attached hydrogen (secondary N) is 1. The van der Waals surface area contributed by atoms with Crippen LogP contribution in [0, 0.1) is 21.4 Å². The molecule has 18 heavy (non-hydrogen) atoms. The first kappa shape index (κ1) is 13.9.